The number of rotatable bonds is 6. The summed E-state index contributed by atoms with van der Waals surface area (Å²) in [5.41, 5.74) is 1.59. The first-order valence-electron chi connectivity index (χ1n) is 10.00. The van der Waals surface area contributed by atoms with Crippen LogP contribution in [-0.4, -0.2) is 40.9 Å². The topological polar surface area (TPSA) is 93.4 Å². The molecule has 1 amide bonds. The van der Waals surface area contributed by atoms with Crippen molar-refractivity contribution in [3.05, 3.63) is 59.0 Å². The van der Waals surface area contributed by atoms with E-state index in [1.165, 1.54) is 21.0 Å². The maximum atomic E-state index is 12.8. The molecule has 8 nitrogen and oxygen atoms in total. The number of sulfonamides is 1. The number of hydrogen-bond donors (Lipinski definition) is 1. The molecule has 2 aromatic carbocycles. The Labute approximate surface area is 174 Å². The smallest absolute Gasteiger partial charge is 0.324 e. The molecule has 158 valence electrons. The standard InChI is InChI=1S/C21H24N4O4S/c1-2-24-18-10-3-4-11-19(18)25(21(24)27)15-20(26)22-16-8-7-9-17(14-16)30(28,29)23-12-5-6-13-23/h3-4,7-11,14H,2,5-6,12-13,15H2,1H3,(H,22,26). The van der Waals surface area contributed by atoms with Crippen molar-refractivity contribution in [2.45, 2.75) is 37.8 Å². The fraction of sp³-hybridized carbons (Fsp3) is 0.333. The Hall–Kier alpha value is -2.91. The molecule has 1 aromatic heterocycles. The molecule has 1 aliphatic heterocycles. The second kappa shape index (κ2) is 8.08. The number of aryl methyl sites for hydroxylation is 1. The Bertz CT molecular complexity index is 1250. The molecule has 9 heteroatoms. The average molecular weight is 429 g/mol. The normalized spacial score (nSPS) is 15.0. The summed E-state index contributed by atoms with van der Waals surface area (Å²) in [5.74, 6) is -0.396. The van der Waals surface area contributed by atoms with Gasteiger partial charge < -0.3 is 5.32 Å². The molecule has 0 radical (unpaired) electrons. The van der Waals surface area contributed by atoms with E-state index in [1.54, 1.807) is 22.8 Å². The predicted molar refractivity (Wildman–Crippen MR) is 115 cm³/mol. The summed E-state index contributed by atoms with van der Waals surface area (Å²) < 4.78 is 30.0. The number of carbonyl (C=O) groups is 1. The quantitative estimate of drug-likeness (QED) is 0.652. The van der Waals surface area contributed by atoms with Crippen molar-refractivity contribution in [3.63, 3.8) is 0 Å². The number of hydrogen-bond acceptors (Lipinski definition) is 4. The number of nitrogens with zero attached hydrogens (tertiary/aromatic N) is 3. The van der Waals surface area contributed by atoms with Gasteiger partial charge in [0.2, 0.25) is 15.9 Å². The van der Waals surface area contributed by atoms with Gasteiger partial charge in [0, 0.05) is 25.3 Å². The molecule has 0 spiro atoms. The maximum absolute atomic E-state index is 12.8. The zero-order chi connectivity index (χ0) is 21.3. The highest BCUT2D eigenvalue weighted by Crippen LogP contribution is 2.23. The fourth-order valence-corrected chi connectivity index (χ4v) is 5.45. The number of anilines is 1. The number of nitrogens with one attached hydrogen (secondary N) is 1. The molecular formula is C21H24N4O4S. The van der Waals surface area contributed by atoms with E-state index in [9.17, 15) is 18.0 Å². The first kappa shape index (κ1) is 20.4. The largest absolute Gasteiger partial charge is 0.329 e. The number of benzene rings is 2. The summed E-state index contributed by atoms with van der Waals surface area (Å²) in [6.45, 7) is 3.26. The fourth-order valence-electron chi connectivity index (χ4n) is 3.89. The van der Waals surface area contributed by atoms with Crippen LogP contribution in [0.4, 0.5) is 5.69 Å². The van der Waals surface area contributed by atoms with Crippen LogP contribution in [-0.2, 0) is 27.9 Å². The molecule has 3 aromatic rings. The van der Waals surface area contributed by atoms with E-state index in [0.717, 1.165) is 18.4 Å². The highest BCUT2D eigenvalue weighted by atomic mass is 32.2. The summed E-state index contributed by atoms with van der Waals surface area (Å²) in [6.07, 6.45) is 1.71. The van der Waals surface area contributed by atoms with Crippen LogP contribution < -0.4 is 11.0 Å². The Morgan fingerprint density at radius 1 is 1.00 bits per heavy atom. The molecule has 0 atom stereocenters. The molecule has 1 aliphatic rings. The maximum Gasteiger partial charge on any atom is 0.329 e. The molecule has 30 heavy (non-hydrogen) atoms. The number of fused-ring (bicyclic) bond motifs is 1. The summed E-state index contributed by atoms with van der Waals surface area (Å²) in [4.78, 5) is 25.5. The van der Waals surface area contributed by atoms with Crippen molar-refractivity contribution in [2.75, 3.05) is 18.4 Å². The number of para-hydroxylation sites is 2. The van der Waals surface area contributed by atoms with Crippen molar-refractivity contribution in [1.29, 1.82) is 0 Å². The van der Waals surface area contributed by atoms with E-state index in [2.05, 4.69) is 5.32 Å². The van der Waals surface area contributed by atoms with E-state index in [-0.39, 0.29) is 17.1 Å². The van der Waals surface area contributed by atoms with E-state index in [4.69, 9.17) is 0 Å². The molecule has 0 aliphatic carbocycles. The second-order valence-corrected chi connectivity index (χ2v) is 9.23. The van der Waals surface area contributed by atoms with Crippen LogP contribution in [0.15, 0.2) is 58.2 Å². The minimum atomic E-state index is -3.57. The lowest BCUT2D eigenvalue weighted by atomic mass is 10.3. The van der Waals surface area contributed by atoms with Crippen LogP contribution in [0.3, 0.4) is 0 Å². The van der Waals surface area contributed by atoms with Gasteiger partial charge in [-0.1, -0.05) is 18.2 Å². The highest BCUT2D eigenvalue weighted by Gasteiger charge is 2.27. The summed E-state index contributed by atoms with van der Waals surface area (Å²) in [6, 6.07) is 13.6. The highest BCUT2D eigenvalue weighted by molar-refractivity contribution is 7.89. The minimum Gasteiger partial charge on any atom is -0.324 e. The molecule has 1 fully saturated rings. The van der Waals surface area contributed by atoms with E-state index in [1.807, 2.05) is 25.1 Å². The van der Waals surface area contributed by atoms with E-state index < -0.39 is 15.9 Å². The number of aromatic nitrogens is 2. The van der Waals surface area contributed by atoms with Crippen molar-refractivity contribution in [2.24, 2.45) is 0 Å². The number of carbonyl (C=O) groups excluding carboxylic acids is 1. The van der Waals surface area contributed by atoms with Crippen molar-refractivity contribution >= 4 is 32.7 Å². The van der Waals surface area contributed by atoms with Crippen LogP contribution in [0.2, 0.25) is 0 Å². The number of amides is 1. The Balaban J connectivity index is 1.57. The van der Waals surface area contributed by atoms with Gasteiger partial charge in [-0.15, -0.1) is 0 Å². The van der Waals surface area contributed by atoms with Gasteiger partial charge in [0.15, 0.2) is 0 Å². The third-order valence-electron chi connectivity index (χ3n) is 5.36. The lowest BCUT2D eigenvalue weighted by Gasteiger charge is -2.16. The van der Waals surface area contributed by atoms with E-state index in [0.29, 0.717) is 30.8 Å². The first-order chi connectivity index (χ1) is 14.4. The van der Waals surface area contributed by atoms with Crippen LogP contribution in [0, 0.1) is 0 Å². The number of imidazole rings is 1. The minimum absolute atomic E-state index is 0.155. The average Bonchev–Trinajstić information content (AvgIpc) is 3.36. The van der Waals surface area contributed by atoms with Crippen LogP contribution in [0.25, 0.3) is 11.0 Å². The summed E-state index contributed by atoms with van der Waals surface area (Å²) >= 11 is 0. The zero-order valence-electron chi connectivity index (χ0n) is 16.7. The second-order valence-electron chi connectivity index (χ2n) is 7.29. The van der Waals surface area contributed by atoms with Crippen molar-refractivity contribution in [1.82, 2.24) is 13.4 Å². The van der Waals surface area contributed by atoms with Crippen molar-refractivity contribution < 1.29 is 13.2 Å². The lowest BCUT2D eigenvalue weighted by molar-refractivity contribution is -0.116. The van der Waals surface area contributed by atoms with Gasteiger partial charge in [0.25, 0.3) is 0 Å². The van der Waals surface area contributed by atoms with Crippen LogP contribution in [0.1, 0.15) is 19.8 Å². The molecule has 4 rings (SSSR count). The third-order valence-corrected chi connectivity index (χ3v) is 7.26. The van der Waals surface area contributed by atoms with Crippen LogP contribution in [0.5, 0.6) is 0 Å². The Kier molecular flexibility index (Phi) is 5.48. The molecular weight excluding hydrogens is 404 g/mol. The SMILES string of the molecule is CCn1c(=O)n(CC(=O)Nc2cccc(S(=O)(=O)N3CCCC3)c2)c2ccccc21. The summed E-state index contributed by atoms with van der Waals surface area (Å²) in [7, 11) is -3.57. The molecule has 2 heterocycles. The zero-order valence-corrected chi connectivity index (χ0v) is 17.6. The van der Waals surface area contributed by atoms with Gasteiger partial charge in [-0.2, -0.15) is 4.31 Å². The Morgan fingerprint density at radius 3 is 2.33 bits per heavy atom. The lowest BCUT2D eigenvalue weighted by Crippen LogP contribution is -2.29. The Morgan fingerprint density at radius 2 is 1.67 bits per heavy atom. The predicted octanol–water partition coefficient (Wildman–Crippen LogP) is 2.25. The van der Waals surface area contributed by atoms with Crippen molar-refractivity contribution in [3.8, 4) is 0 Å². The van der Waals surface area contributed by atoms with E-state index >= 15 is 0 Å². The monoisotopic (exact) mass is 428 g/mol. The van der Waals surface area contributed by atoms with Gasteiger partial charge in [-0.05, 0) is 50.1 Å². The molecule has 1 N–H and O–H groups in total. The molecule has 0 saturated carbocycles. The van der Waals surface area contributed by atoms with Gasteiger partial charge >= 0.3 is 5.69 Å². The molecule has 0 unspecified atom stereocenters. The third kappa shape index (κ3) is 3.66. The van der Waals surface area contributed by atoms with Crippen LogP contribution >= 0.6 is 0 Å². The molecule has 0 bridgehead atoms. The first-order valence-corrected chi connectivity index (χ1v) is 11.4. The van der Waals surface area contributed by atoms with Gasteiger partial charge in [0.1, 0.15) is 6.54 Å². The summed E-state index contributed by atoms with van der Waals surface area (Å²) in [5, 5.41) is 2.72. The van der Waals surface area contributed by atoms with Gasteiger partial charge in [0.05, 0.1) is 15.9 Å². The van der Waals surface area contributed by atoms with Gasteiger partial charge in [-0.3, -0.25) is 13.9 Å². The van der Waals surface area contributed by atoms with Gasteiger partial charge in [-0.25, -0.2) is 13.2 Å². The molecule has 1 saturated heterocycles.